The molecule has 0 aliphatic carbocycles. The van der Waals surface area contributed by atoms with Crippen LogP contribution in [0.4, 0.5) is 0 Å². The Balaban J connectivity index is 3.45. The van der Waals surface area contributed by atoms with Gasteiger partial charge in [-0.15, -0.1) is 0 Å². The molecule has 1 atom stereocenters. The molecule has 18 heavy (non-hydrogen) atoms. The van der Waals surface area contributed by atoms with E-state index < -0.39 is 12.0 Å². The van der Waals surface area contributed by atoms with Crippen LogP contribution in [0.25, 0.3) is 0 Å². The van der Waals surface area contributed by atoms with Crippen LogP contribution in [0.3, 0.4) is 0 Å². The molecule has 0 heterocycles. The van der Waals surface area contributed by atoms with Gasteiger partial charge in [0.1, 0.15) is 11.8 Å². The van der Waals surface area contributed by atoms with Gasteiger partial charge < -0.3 is 5.73 Å². The van der Waals surface area contributed by atoms with Gasteiger partial charge in [-0.25, -0.2) is 4.79 Å². The lowest BCUT2D eigenvalue weighted by molar-refractivity contribution is -0.235. The summed E-state index contributed by atoms with van der Waals surface area (Å²) in [6, 6.07) is -1.05. The van der Waals surface area contributed by atoms with Crippen molar-refractivity contribution in [2.24, 2.45) is 5.73 Å². The predicted molar refractivity (Wildman–Crippen MR) is 68.9 cm³/mol. The first-order valence-electron chi connectivity index (χ1n) is 6.74. The lowest BCUT2D eigenvalue weighted by atomic mass is 10.0. The quantitative estimate of drug-likeness (QED) is 0.338. The third-order valence-electron chi connectivity index (χ3n) is 2.90. The first-order chi connectivity index (χ1) is 8.61. The van der Waals surface area contributed by atoms with Crippen LogP contribution in [0.2, 0.25) is 0 Å². The van der Waals surface area contributed by atoms with Gasteiger partial charge in [0, 0.05) is 12.8 Å². The smallest absolute Gasteiger partial charge is 0.318 e. The average Bonchev–Trinajstić information content (AvgIpc) is 2.36. The molecule has 0 radical (unpaired) electrons. The van der Waals surface area contributed by atoms with Gasteiger partial charge >= 0.3 is 5.97 Å². The summed E-state index contributed by atoms with van der Waals surface area (Å²) < 4.78 is 0. The van der Waals surface area contributed by atoms with Gasteiger partial charge in [0.05, 0.1) is 0 Å². The summed E-state index contributed by atoms with van der Waals surface area (Å²) in [5.41, 5.74) is 5.36. The van der Waals surface area contributed by atoms with Crippen LogP contribution in [-0.4, -0.2) is 23.1 Å². The Morgan fingerprint density at radius 3 is 2.22 bits per heavy atom. The van der Waals surface area contributed by atoms with Crippen LogP contribution in [0.15, 0.2) is 0 Å². The maximum atomic E-state index is 11.4. The van der Waals surface area contributed by atoms with Crippen LogP contribution in [0.5, 0.6) is 0 Å². The van der Waals surface area contributed by atoms with Crippen molar-refractivity contribution in [2.45, 2.75) is 70.8 Å². The number of ketones is 1. The zero-order valence-electron chi connectivity index (χ0n) is 11.2. The van der Waals surface area contributed by atoms with E-state index in [1.165, 1.54) is 25.7 Å². The second kappa shape index (κ2) is 11.2. The van der Waals surface area contributed by atoms with Crippen LogP contribution in [0, 0.1) is 0 Å². The second-order valence-electron chi connectivity index (χ2n) is 4.63. The number of carbonyl (C=O) groups is 2. The van der Waals surface area contributed by atoms with E-state index in [4.69, 9.17) is 11.0 Å². The highest BCUT2D eigenvalue weighted by molar-refractivity contribution is 5.86. The van der Waals surface area contributed by atoms with E-state index in [0.29, 0.717) is 6.42 Å². The normalized spacial score (nSPS) is 12.2. The van der Waals surface area contributed by atoms with Gasteiger partial charge in [0.25, 0.3) is 0 Å². The molecule has 5 heteroatoms. The minimum absolute atomic E-state index is 0.0542. The van der Waals surface area contributed by atoms with Crippen molar-refractivity contribution in [1.29, 1.82) is 0 Å². The topological polar surface area (TPSA) is 89.6 Å². The van der Waals surface area contributed by atoms with Crippen LogP contribution in [-0.2, 0) is 14.5 Å². The maximum Gasteiger partial charge on any atom is 0.359 e. The minimum atomic E-state index is -1.05. The van der Waals surface area contributed by atoms with E-state index >= 15 is 0 Å². The third-order valence-corrected chi connectivity index (χ3v) is 2.90. The Labute approximate surface area is 109 Å². The molecule has 0 fully saturated rings. The zero-order valence-corrected chi connectivity index (χ0v) is 11.2. The largest absolute Gasteiger partial charge is 0.359 e. The number of Topliss-reactive ketones (excluding diaryl/α,β-unsaturated/α-hetero) is 1. The SMILES string of the molecule is CCCCCCCCCC(=O)CC(N)C(=O)OO. The van der Waals surface area contributed by atoms with Crippen LogP contribution < -0.4 is 5.73 Å². The monoisotopic (exact) mass is 259 g/mol. The van der Waals surface area contributed by atoms with Gasteiger partial charge in [-0.3, -0.25) is 9.68 Å². The number of rotatable bonds is 11. The number of carbonyl (C=O) groups excluding carboxylic acids is 2. The molecule has 0 aliphatic rings. The summed E-state index contributed by atoms with van der Waals surface area (Å²) >= 11 is 0. The fourth-order valence-corrected chi connectivity index (χ4v) is 1.78. The Bertz CT molecular complexity index is 243. The summed E-state index contributed by atoms with van der Waals surface area (Å²) in [6.45, 7) is 2.18. The molecule has 0 amide bonds. The first kappa shape index (κ1) is 17.1. The van der Waals surface area contributed by atoms with E-state index in [1.807, 2.05) is 0 Å². The van der Waals surface area contributed by atoms with Gasteiger partial charge in [0.15, 0.2) is 0 Å². The Morgan fingerprint density at radius 2 is 1.67 bits per heavy atom. The fraction of sp³-hybridized carbons (Fsp3) is 0.846. The van der Waals surface area contributed by atoms with Gasteiger partial charge in [-0.2, -0.15) is 5.26 Å². The van der Waals surface area contributed by atoms with E-state index in [-0.39, 0.29) is 12.2 Å². The molecule has 0 aromatic rings. The van der Waals surface area contributed by atoms with Crippen molar-refractivity contribution in [2.75, 3.05) is 0 Å². The zero-order chi connectivity index (χ0) is 13.8. The number of nitrogens with two attached hydrogens (primary N) is 1. The summed E-state index contributed by atoms with van der Waals surface area (Å²) in [6.07, 6.45) is 8.40. The molecule has 5 nitrogen and oxygen atoms in total. The third kappa shape index (κ3) is 9.13. The molecule has 0 saturated heterocycles. The van der Waals surface area contributed by atoms with Crippen molar-refractivity contribution in [3.8, 4) is 0 Å². The number of hydrogen-bond acceptors (Lipinski definition) is 5. The van der Waals surface area contributed by atoms with Crippen LogP contribution >= 0.6 is 0 Å². The van der Waals surface area contributed by atoms with Gasteiger partial charge in [-0.05, 0) is 6.42 Å². The second-order valence-corrected chi connectivity index (χ2v) is 4.63. The molecule has 0 spiro atoms. The summed E-state index contributed by atoms with van der Waals surface area (Å²) in [7, 11) is 0. The molecular formula is C13H25NO4. The first-order valence-corrected chi connectivity index (χ1v) is 6.74. The lowest BCUT2D eigenvalue weighted by Crippen LogP contribution is -2.33. The molecule has 1 unspecified atom stereocenters. The lowest BCUT2D eigenvalue weighted by Gasteiger charge is -2.06. The van der Waals surface area contributed by atoms with Crippen molar-refractivity contribution in [3.05, 3.63) is 0 Å². The summed E-state index contributed by atoms with van der Waals surface area (Å²) in [5, 5.41) is 8.09. The van der Waals surface area contributed by atoms with E-state index in [2.05, 4.69) is 11.8 Å². The Hall–Kier alpha value is -0.940. The molecule has 0 aromatic heterocycles. The number of unbranched alkanes of at least 4 members (excludes halogenated alkanes) is 6. The fourth-order valence-electron chi connectivity index (χ4n) is 1.78. The molecule has 3 N–H and O–H groups in total. The summed E-state index contributed by atoms with van der Waals surface area (Å²) in [5.74, 6) is -1.01. The van der Waals surface area contributed by atoms with E-state index in [0.717, 1.165) is 19.3 Å². The standard InChI is InChI=1S/C13H25NO4/c1-2-3-4-5-6-7-8-9-11(15)10-12(14)13(16)18-17/h12,17H,2-10,14H2,1H3. The van der Waals surface area contributed by atoms with Crippen molar-refractivity contribution in [3.63, 3.8) is 0 Å². The maximum absolute atomic E-state index is 11.4. The van der Waals surface area contributed by atoms with Crippen LogP contribution in [0.1, 0.15) is 64.7 Å². The summed E-state index contributed by atoms with van der Waals surface area (Å²) in [4.78, 5) is 25.7. The molecule has 0 saturated carbocycles. The molecule has 0 rings (SSSR count). The Morgan fingerprint density at radius 1 is 1.11 bits per heavy atom. The molecular weight excluding hydrogens is 234 g/mol. The predicted octanol–water partition coefficient (Wildman–Crippen LogP) is 2.43. The van der Waals surface area contributed by atoms with Gasteiger partial charge in [-0.1, -0.05) is 45.4 Å². The molecule has 0 bridgehead atoms. The van der Waals surface area contributed by atoms with Crippen molar-refractivity contribution >= 4 is 11.8 Å². The minimum Gasteiger partial charge on any atom is -0.318 e. The highest BCUT2D eigenvalue weighted by atomic mass is 17.1. The Kier molecular flexibility index (Phi) is 10.6. The van der Waals surface area contributed by atoms with E-state index in [1.54, 1.807) is 0 Å². The highest BCUT2D eigenvalue weighted by Gasteiger charge is 2.18. The molecule has 0 aromatic carbocycles. The van der Waals surface area contributed by atoms with Crippen molar-refractivity contribution in [1.82, 2.24) is 0 Å². The van der Waals surface area contributed by atoms with Crippen molar-refractivity contribution < 1.29 is 19.7 Å². The molecule has 106 valence electrons. The number of hydrogen-bond donors (Lipinski definition) is 2. The highest BCUT2D eigenvalue weighted by Crippen LogP contribution is 2.09. The van der Waals surface area contributed by atoms with Gasteiger partial charge in [0.2, 0.25) is 0 Å². The average molecular weight is 259 g/mol. The van der Waals surface area contributed by atoms with E-state index in [9.17, 15) is 9.59 Å². The molecule has 0 aliphatic heterocycles.